The van der Waals surface area contributed by atoms with E-state index < -0.39 is 6.10 Å². The van der Waals surface area contributed by atoms with Crippen LogP contribution in [0.5, 0.6) is 0 Å². The van der Waals surface area contributed by atoms with Crippen molar-refractivity contribution in [3.05, 3.63) is 34.2 Å². The van der Waals surface area contributed by atoms with Gasteiger partial charge in [0, 0.05) is 30.9 Å². The molecule has 0 unspecified atom stereocenters. The van der Waals surface area contributed by atoms with Crippen LogP contribution in [0.1, 0.15) is 16.8 Å². The third kappa shape index (κ3) is 2.07. The van der Waals surface area contributed by atoms with Gasteiger partial charge in [0.25, 0.3) is 5.91 Å². The number of likely N-dealkylation sites (tertiary alicyclic amines) is 1. The van der Waals surface area contributed by atoms with Crippen molar-refractivity contribution < 1.29 is 9.90 Å². The van der Waals surface area contributed by atoms with E-state index in [1.54, 1.807) is 11.0 Å². The number of rotatable bonds is 1. The van der Waals surface area contributed by atoms with Crippen LogP contribution in [0.4, 0.5) is 0 Å². The predicted molar refractivity (Wildman–Crippen MR) is 53.6 cm³/mol. The summed E-state index contributed by atoms with van der Waals surface area (Å²) in [6.45, 7) is 0.901. The number of nitrogens with one attached hydrogen (secondary N) is 1. The molecule has 1 aromatic rings. The number of nitrogens with zero attached hydrogens (tertiary/aromatic N) is 1. The molecule has 5 nitrogen and oxygen atoms in total. The fraction of sp³-hybridized carbons (Fsp3) is 0.400. The average Bonchev–Trinajstić information content (AvgIpc) is 2.64. The van der Waals surface area contributed by atoms with E-state index in [9.17, 15) is 14.7 Å². The molecule has 0 radical (unpaired) electrons. The lowest BCUT2D eigenvalue weighted by Gasteiger charge is -2.14. The van der Waals surface area contributed by atoms with Crippen LogP contribution in [-0.2, 0) is 0 Å². The fourth-order valence-electron chi connectivity index (χ4n) is 1.69. The highest BCUT2D eigenvalue weighted by molar-refractivity contribution is 5.94. The summed E-state index contributed by atoms with van der Waals surface area (Å²) in [6.07, 6.45) is 1.62. The highest BCUT2D eigenvalue weighted by Gasteiger charge is 2.25. The molecule has 2 N–H and O–H groups in total. The number of aliphatic hydroxyl groups excluding tert-OH is 1. The minimum atomic E-state index is -0.434. The molecule has 1 aliphatic heterocycles. The second-order valence-corrected chi connectivity index (χ2v) is 3.64. The molecular weight excluding hydrogens is 196 g/mol. The number of aromatic amines is 1. The summed E-state index contributed by atoms with van der Waals surface area (Å²) in [4.78, 5) is 26.8. The minimum absolute atomic E-state index is 0.197. The van der Waals surface area contributed by atoms with Crippen molar-refractivity contribution in [2.75, 3.05) is 13.1 Å². The number of aromatic nitrogens is 1. The number of carbonyl (C=O) groups is 1. The minimum Gasteiger partial charge on any atom is -0.391 e. The van der Waals surface area contributed by atoms with Crippen LogP contribution < -0.4 is 5.56 Å². The summed E-state index contributed by atoms with van der Waals surface area (Å²) in [5, 5.41) is 9.29. The Morgan fingerprint density at radius 3 is 3.00 bits per heavy atom. The molecule has 1 aromatic heterocycles. The first-order chi connectivity index (χ1) is 7.16. The summed E-state index contributed by atoms with van der Waals surface area (Å²) in [5.41, 5.74) is 0.0773. The van der Waals surface area contributed by atoms with Gasteiger partial charge < -0.3 is 15.0 Å². The Bertz CT molecular complexity index is 427. The van der Waals surface area contributed by atoms with Gasteiger partial charge in [0.2, 0.25) is 5.56 Å². The molecule has 0 aliphatic carbocycles. The maximum atomic E-state index is 11.8. The van der Waals surface area contributed by atoms with E-state index in [0.29, 0.717) is 25.1 Å². The van der Waals surface area contributed by atoms with Crippen molar-refractivity contribution >= 4 is 5.91 Å². The van der Waals surface area contributed by atoms with Crippen LogP contribution in [0.25, 0.3) is 0 Å². The number of aliphatic hydroxyl groups is 1. The molecule has 1 amide bonds. The number of carbonyl (C=O) groups excluding carboxylic acids is 1. The van der Waals surface area contributed by atoms with Gasteiger partial charge in [-0.2, -0.15) is 0 Å². The lowest BCUT2D eigenvalue weighted by Crippen LogP contribution is -2.30. The summed E-state index contributed by atoms with van der Waals surface area (Å²) in [7, 11) is 0. The Morgan fingerprint density at radius 2 is 2.40 bits per heavy atom. The lowest BCUT2D eigenvalue weighted by atomic mass is 10.2. The van der Waals surface area contributed by atoms with Crippen LogP contribution in [0.2, 0.25) is 0 Å². The smallest absolute Gasteiger partial charge is 0.254 e. The SMILES string of the molecule is O=C(c1cc[nH]c(=O)c1)N1CC[C@H](O)C1. The molecule has 1 aliphatic rings. The molecule has 1 fully saturated rings. The first kappa shape index (κ1) is 9.92. The number of β-amino-alcohol motifs (C(OH)–C–C–N with tert-alkyl or cyclic N) is 1. The van der Waals surface area contributed by atoms with Crippen molar-refractivity contribution in [1.82, 2.24) is 9.88 Å². The van der Waals surface area contributed by atoms with Gasteiger partial charge in [-0.15, -0.1) is 0 Å². The highest BCUT2D eigenvalue weighted by Crippen LogP contribution is 2.12. The zero-order valence-corrected chi connectivity index (χ0v) is 8.14. The summed E-state index contributed by atoms with van der Waals surface area (Å²) in [5.74, 6) is -0.197. The number of hydrogen-bond donors (Lipinski definition) is 2. The molecule has 1 saturated heterocycles. The number of pyridine rings is 1. The number of hydrogen-bond acceptors (Lipinski definition) is 3. The average molecular weight is 208 g/mol. The molecule has 1 atom stereocenters. The van der Waals surface area contributed by atoms with Crippen molar-refractivity contribution in [3.8, 4) is 0 Å². The molecule has 0 spiro atoms. The predicted octanol–water partition coefficient (Wildman–Crippen LogP) is -0.418. The molecular formula is C10H12N2O3. The van der Waals surface area contributed by atoms with Crippen LogP contribution >= 0.6 is 0 Å². The Morgan fingerprint density at radius 1 is 1.60 bits per heavy atom. The van der Waals surface area contributed by atoms with Gasteiger partial charge in [0.15, 0.2) is 0 Å². The van der Waals surface area contributed by atoms with Crippen molar-refractivity contribution in [1.29, 1.82) is 0 Å². The second kappa shape index (κ2) is 3.86. The first-order valence-corrected chi connectivity index (χ1v) is 4.83. The Hall–Kier alpha value is -1.62. The highest BCUT2D eigenvalue weighted by atomic mass is 16.3. The molecule has 5 heteroatoms. The van der Waals surface area contributed by atoms with Gasteiger partial charge >= 0.3 is 0 Å². The van der Waals surface area contributed by atoms with E-state index in [1.807, 2.05) is 0 Å². The van der Waals surface area contributed by atoms with Crippen LogP contribution in [0.15, 0.2) is 23.1 Å². The Kier molecular flexibility index (Phi) is 2.55. The van der Waals surface area contributed by atoms with Crippen molar-refractivity contribution in [3.63, 3.8) is 0 Å². The first-order valence-electron chi connectivity index (χ1n) is 4.83. The maximum absolute atomic E-state index is 11.8. The third-order valence-corrected chi connectivity index (χ3v) is 2.47. The van der Waals surface area contributed by atoms with Gasteiger partial charge in [0.1, 0.15) is 0 Å². The summed E-state index contributed by atoms with van der Waals surface area (Å²) in [6, 6.07) is 2.83. The van der Waals surface area contributed by atoms with E-state index in [4.69, 9.17) is 0 Å². The van der Waals surface area contributed by atoms with Gasteiger partial charge in [-0.1, -0.05) is 0 Å². The molecule has 0 aromatic carbocycles. The molecule has 80 valence electrons. The standard InChI is InChI=1S/C10H12N2O3/c13-8-2-4-12(6-8)10(15)7-1-3-11-9(14)5-7/h1,3,5,8,13H,2,4,6H2,(H,11,14)/t8-/m0/s1. The van der Waals surface area contributed by atoms with E-state index in [1.165, 1.54) is 12.3 Å². The van der Waals surface area contributed by atoms with E-state index in [-0.39, 0.29) is 11.5 Å². The van der Waals surface area contributed by atoms with Gasteiger partial charge in [0.05, 0.1) is 6.10 Å². The zero-order chi connectivity index (χ0) is 10.8. The molecule has 15 heavy (non-hydrogen) atoms. The fourth-order valence-corrected chi connectivity index (χ4v) is 1.69. The monoisotopic (exact) mass is 208 g/mol. The number of H-pyrrole nitrogens is 1. The molecule has 0 saturated carbocycles. The third-order valence-electron chi connectivity index (χ3n) is 2.47. The largest absolute Gasteiger partial charge is 0.391 e. The van der Waals surface area contributed by atoms with Crippen LogP contribution in [-0.4, -0.2) is 40.1 Å². The second-order valence-electron chi connectivity index (χ2n) is 3.64. The van der Waals surface area contributed by atoms with Crippen LogP contribution in [0, 0.1) is 0 Å². The zero-order valence-electron chi connectivity index (χ0n) is 8.14. The van der Waals surface area contributed by atoms with E-state index in [2.05, 4.69) is 4.98 Å². The Balaban J connectivity index is 2.18. The maximum Gasteiger partial charge on any atom is 0.254 e. The van der Waals surface area contributed by atoms with Crippen LogP contribution in [0.3, 0.4) is 0 Å². The molecule has 2 rings (SSSR count). The normalized spacial score (nSPS) is 20.6. The number of amides is 1. The van der Waals surface area contributed by atoms with E-state index in [0.717, 1.165) is 0 Å². The molecule has 0 bridgehead atoms. The molecule has 2 heterocycles. The topological polar surface area (TPSA) is 73.4 Å². The van der Waals surface area contributed by atoms with Gasteiger partial charge in [-0.05, 0) is 12.5 Å². The van der Waals surface area contributed by atoms with Gasteiger partial charge in [-0.25, -0.2) is 0 Å². The lowest BCUT2D eigenvalue weighted by molar-refractivity contribution is 0.0764. The summed E-state index contributed by atoms with van der Waals surface area (Å²) >= 11 is 0. The van der Waals surface area contributed by atoms with Crippen molar-refractivity contribution in [2.45, 2.75) is 12.5 Å². The van der Waals surface area contributed by atoms with Gasteiger partial charge in [-0.3, -0.25) is 9.59 Å². The Labute approximate surface area is 86.3 Å². The quantitative estimate of drug-likeness (QED) is 0.658. The summed E-state index contributed by atoms with van der Waals surface area (Å²) < 4.78 is 0. The van der Waals surface area contributed by atoms with E-state index >= 15 is 0 Å². The van der Waals surface area contributed by atoms with Crippen molar-refractivity contribution in [2.24, 2.45) is 0 Å².